The molecule has 1 aliphatic heterocycles. The summed E-state index contributed by atoms with van der Waals surface area (Å²) >= 11 is 0. The maximum atomic E-state index is 12.9. The molecule has 0 fully saturated rings. The Morgan fingerprint density at radius 2 is 2.20 bits per heavy atom. The van der Waals surface area contributed by atoms with Gasteiger partial charge in [-0.3, -0.25) is 9.59 Å². The van der Waals surface area contributed by atoms with Gasteiger partial charge in [-0.25, -0.2) is 14.5 Å². The topological polar surface area (TPSA) is 116 Å². The number of hydrogen-bond donors (Lipinski definition) is 2. The molecule has 128 valence electrons. The van der Waals surface area contributed by atoms with Crippen molar-refractivity contribution in [1.29, 1.82) is 0 Å². The van der Waals surface area contributed by atoms with Gasteiger partial charge in [-0.05, 0) is 18.4 Å². The van der Waals surface area contributed by atoms with Crippen LogP contribution in [0.15, 0.2) is 29.7 Å². The molecule has 0 bridgehead atoms. The SMILES string of the molecule is O=C(c1cnn2cc(CCO)cnc12)N1CCc2c(nc[nH]c2=O)C1. The van der Waals surface area contributed by atoms with Gasteiger partial charge in [-0.2, -0.15) is 5.10 Å². The summed E-state index contributed by atoms with van der Waals surface area (Å²) in [6, 6.07) is 0. The standard InChI is InChI=1S/C16H16N6O3/c23-4-2-10-5-17-14-12(6-20-22(14)7-10)16(25)21-3-1-11-13(8-21)18-9-19-15(11)24/h5-7,9,23H,1-4,8H2,(H,18,19,24). The van der Waals surface area contributed by atoms with Crippen LogP contribution < -0.4 is 5.56 Å². The second-order valence-corrected chi connectivity index (χ2v) is 5.90. The molecule has 4 heterocycles. The third-order valence-corrected chi connectivity index (χ3v) is 4.34. The van der Waals surface area contributed by atoms with Crippen LogP contribution in [0.4, 0.5) is 0 Å². The Hall–Kier alpha value is -3.07. The molecule has 1 amide bonds. The first kappa shape index (κ1) is 15.5. The zero-order valence-corrected chi connectivity index (χ0v) is 13.3. The van der Waals surface area contributed by atoms with Gasteiger partial charge >= 0.3 is 0 Å². The zero-order valence-electron chi connectivity index (χ0n) is 13.3. The molecule has 9 nitrogen and oxygen atoms in total. The van der Waals surface area contributed by atoms with E-state index in [0.717, 1.165) is 5.56 Å². The number of rotatable bonds is 3. The number of hydrogen-bond acceptors (Lipinski definition) is 6. The van der Waals surface area contributed by atoms with Gasteiger partial charge < -0.3 is 15.0 Å². The lowest BCUT2D eigenvalue weighted by Gasteiger charge is -2.27. The minimum absolute atomic E-state index is 0.0273. The Morgan fingerprint density at radius 1 is 1.32 bits per heavy atom. The lowest BCUT2D eigenvalue weighted by Crippen LogP contribution is -2.38. The van der Waals surface area contributed by atoms with Crippen LogP contribution in [0.1, 0.15) is 27.2 Å². The van der Waals surface area contributed by atoms with Crippen LogP contribution in [0.5, 0.6) is 0 Å². The first-order chi connectivity index (χ1) is 12.2. The fraction of sp³-hybridized carbons (Fsp3) is 0.312. The number of aromatic amines is 1. The summed E-state index contributed by atoms with van der Waals surface area (Å²) in [6.07, 6.45) is 7.19. The van der Waals surface area contributed by atoms with E-state index in [4.69, 9.17) is 5.11 Å². The highest BCUT2D eigenvalue weighted by molar-refractivity contribution is 5.99. The number of aromatic nitrogens is 5. The number of nitrogens with zero attached hydrogens (tertiary/aromatic N) is 5. The fourth-order valence-corrected chi connectivity index (χ4v) is 3.03. The molecule has 25 heavy (non-hydrogen) atoms. The normalized spacial score (nSPS) is 13.9. The molecule has 4 rings (SSSR count). The molecule has 9 heteroatoms. The van der Waals surface area contributed by atoms with Crippen molar-refractivity contribution in [2.24, 2.45) is 0 Å². The van der Waals surface area contributed by atoms with Gasteiger partial charge in [-0.15, -0.1) is 0 Å². The van der Waals surface area contributed by atoms with Gasteiger partial charge in [0.15, 0.2) is 5.65 Å². The molecular formula is C16H16N6O3. The molecule has 0 spiro atoms. The quantitative estimate of drug-likeness (QED) is 0.667. The van der Waals surface area contributed by atoms with Crippen LogP contribution in [-0.2, 0) is 19.4 Å². The summed E-state index contributed by atoms with van der Waals surface area (Å²) in [5, 5.41) is 13.2. The monoisotopic (exact) mass is 340 g/mol. The zero-order chi connectivity index (χ0) is 17.4. The Morgan fingerprint density at radius 3 is 3.04 bits per heavy atom. The first-order valence-electron chi connectivity index (χ1n) is 7.95. The van der Waals surface area contributed by atoms with E-state index in [9.17, 15) is 9.59 Å². The Bertz CT molecular complexity index is 1010. The van der Waals surface area contributed by atoms with Crippen LogP contribution in [-0.4, -0.2) is 53.6 Å². The highest BCUT2D eigenvalue weighted by Gasteiger charge is 2.26. The molecule has 0 unspecified atom stereocenters. The van der Waals surface area contributed by atoms with Gasteiger partial charge in [-0.1, -0.05) is 0 Å². The van der Waals surface area contributed by atoms with Crippen molar-refractivity contribution in [1.82, 2.24) is 29.5 Å². The molecule has 3 aromatic rings. The van der Waals surface area contributed by atoms with E-state index in [-0.39, 0.29) is 24.6 Å². The van der Waals surface area contributed by atoms with E-state index in [1.165, 1.54) is 12.5 Å². The number of amides is 1. The molecule has 0 saturated heterocycles. The maximum Gasteiger partial charge on any atom is 0.259 e. The summed E-state index contributed by atoms with van der Waals surface area (Å²) in [4.78, 5) is 37.3. The molecular weight excluding hydrogens is 324 g/mol. The number of fused-ring (bicyclic) bond motifs is 2. The van der Waals surface area contributed by atoms with Gasteiger partial charge in [0.05, 0.1) is 24.8 Å². The minimum atomic E-state index is -0.190. The van der Waals surface area contributed by atoms with Crippen molar-refractivity contribution >= 4 is 11.6 Å². The summed E-state index contributed by atoms with van der Waals surface area (Å²) in [5.74, 6) is -0.190. The Balaban J connectivity index is 1.63. The predicted molar refractivity (Wildman–Crippen MR) is 87.1 cm³/mol. The highest BCUT2D eigenvalue weighted by Crippen LogP contribution is 2.18. The first-order valence-corrected chi connectivity index (χ1v) is 7.95. The van der Waals surface area contributed by atoms with E-state index in [1.54, 1.807) is 21.8 Å². The second-order valence-electron chi connectivity index (χ2n) is 5.90. The van der Waals surface area contributed by atoms with Crippen LogP contribution in [0.2, 0.25) is 0 Å². The summed E-state index contributed by atoms with van der Waals surface area (Å²) in [6.45, 7) is 0.762. The van der Waals surface area contributed by atoms with Crippen LogP contribution in [0.25, 0.3) is 5.65 Å². The molecule has 0 aliphatic carbocycles. The van der Waals surface area contributed by atoms with Crippen LogP contribution >= 0.6 is 0 Å². The van der Waals surface area contributed by atoms with Crippen molar-refractivity contribution < 1.29 is 9.90 Å². The van der Waals surface area contributed by atoms with E-state index < -0.39 is 0 Å². The lowest BCUT2D eigenvalue weighted by molar-refractivity contribution is 0.0733. The van der Waals surface area contributed by atoms with Crippen LogP contribution in [0, 0.1) is 0 Å². The number of carbonyl (C=O) groups excluding carboxylic acids is 1. The van der Waals surface area contributed by atoms with Crippen LogP contribution in [0.3, 0.4) is 0 Å². The number of aliphatic hydroxyl groups is 1. The van der Waals surface area contributed by atoms with Gasteiger partial charge in [0, 0.05) is 31.1 Å². The van der Waals surface area contributed by atoms with Crippen molar-refractivity contribution in [3.8, 4) is 0 Å². The molecule has 0 saturated carbocycles. The largest absolute Gasteiger partial charge is 0.396 e. The second kappa shape index (κ2) is 6.10. The van der Waals surface area contributed by atoms with Crippen molar-refractivity contribution in [2.45, 2.75) is 19.4 Å². The predicted octanol–water partition coefficient (Wildman–Crippen LogP) is -0.454. The molecule has 0 aromatic carbocycles. The smallest absolute Gasteiger partial charge is 0.259 e. The molecule has 3 aromatic heterocycles. The van der Waals surface area contributed by atoms with Crippen molar-refractivity contribution in [3.63, 3.8) is 0 Å². The summed E-state index contributed by atoms with van der Waals surface area (Å²) < 4.78 is 1.54. The average molecular weight is 340 g/mol. The number of nitrogens with one attached hydrogen (secondary N) is 1. The van der Waals surface area contributed by atoms with Gasteiger partial charge in [0.25, 0.3) is 11.5 Å². The number of carbonyl (C=O) groups is 1. The lowest BCUT2D eigenvalue weighted by atomic mass is 10.1. The summed E-state index contributed by atoms with van der Waals surface area (Å²) in [5.41, 5.74) is 2.83. The minimum Gasteiger partial charge on any atom is -0.396 e. The van der Waals surface area contributed by atoms with E-state index >= 15 is 0 Å². The summed E-state index contributed by atoms with van der Waals surface area (Å²) in [7, 11) is 0. The number of H-pyrrole nitrogens is 1. The Kier molecular flexibility index (Phi) is 3.77. The molecule has 2 N–H and O–H groups in total. The van der Waals surface area contributed by atoms with E-state index in [1.807, 2.05) is 0 Å². The molecule has 1 aliphatic rings. The van der Waals surface area contributed by atoms with Gasteiger partial charge in [0.1, 0.15) is 5.56 Å². The van der Waals surface area contributed by atoms with Crippen molar-refractivity contribution in [2.75, 3.05) is 13.2 Å². The third-order valence-electron chi connectivity index (χ3n) is 4.34. The maximum absolute atomic E-state index is 12.9. The van der Waals surface area contributed by atoms with E-state index in [0.29, 0.717) is 41.9 Å². The average Bonchev–Trinajstić information content (AvgIpc) is 3.04. The molecule has 0 radical (unpaired) electrons. The highest BCUT2D eigenvalue weighted by atomic mass is 16.3. The van der Waals surface area contributed by atoms with Crippen molar-refractivity contribution in [3.05, 3.63) is 57.7 Å². The third kappa shape index (κ3) is 2.68. The van der Waals surface area contributed by atoms with Gasteiger partial charge in [0.2, 0.25) is 0 Å². The number of aliphatic hydroxyl groups excluding tert-OH is 1. The Labute approximate surface area is 142 Å². The fourth-order valence-electron chi connectivity index (χ4n) is 3.03. The van der Waals surface area contributed by atoms with E-state index in [2.05, 4.69) is 20.1 Å². The molecule has 0 atom stereocenters.